The van der Waals surface area contributed by atoms with E-state index in [4.69, 9.17) is 9.47 Å². The van der Waals surface area contributed by atoms with Crippen LogP contribution >= 0.6 is 0 Å². The Bertz CT molecular complexity index is 371. The summed E-state index contributed by atoms with van der Waals surface area (Å²) in [4.78, 5) is 17.2. The maximum atomic E-state index is 12.7. The third-order valence-corrected chi connectivity index (χ3v) is 5.63. The summed E-state index contributed by atoms with van der Waals surface area (Å²) in [6.07, 6.45) is 5.90. The van der Waals surface area contributed by atoms with Gasteiger partial charge in [-0.25, -0.2) is 0 Å². The highest BCUT2D eigenvalue weighted by atomic mass is 16.5. The second-order valence-electron chi connectivity index (χ2n) is 7.06. The van der Waals surface area contributed by atoms with E-state index in [1.807, 2.05) is 4.90 Å². The van der Waals surface area contributed by atoms with Crippen molar-refractivity contribution in [1.29, 1.82) is 0 Å². The SMILES string of the molecule is COCCN1C[C@H]2CCN(CCC3CCOCC3)[C@H](C2)C1=O. The molecule has 126 valence electrons. The molecule has 3 rings (SSSR count). The normalized spacial score (nSPS) is 30.8. The maximum Gasteiger partial charge on any atom is 0.240 e. The molecule has 0 aliphatic carbocycles. The van der Waals surface area contributed by atoms with Crippen LogP contribution in [0.3, 0.4) is 0 Å². The van der Waals surface area contributed by atoms with Gasteiger partial charge >= 0.3 is 0 Å². The zero-order chi connectivity index (χ0) is 15.4. The van der Waals surface area contributed by atoms with Gasteiger partial charge in [0.15, 0.2) is 0 Å². The smallest absolute Gasteiger partial charge is 0.240 e. The van der Waals surface area contributed by atoms with Gasteiger partial charge < -0.3 is 14.4 Å². The molecule has 0 spiro atoms. The molecule has 0 saturated carbocycles. The molecule has 0 radical (unpaired) electrons. The molecule has 0 aromatic heterocycles. The highest BCUT2D eigenvalue weighted by molar-refractivity contribution is 5.83. The zero-order valence-electron chi connectivity index (χ0n) is 13.8. The molecule has 0 aromatic carbocycles. The molecule has 0 aromatic rings. The lowest BCUT2D eigenvalue weighted by Gasteiger charge is -2.46. The predicted molar refractivity (Wildman–Crippen MR) is 84.7 cm³/mol. The first kappa shape index (κ1) is 16.2. The monoisotopic (exact) mass is 310 g/mol. The van der Waals surface area contributed by atoms with E-state index >= 15 is 0 Å². The molecule has 0 unspecified atom stereocenters. The number of piperidine rings is 2. The van der Waals surface area contributed by atoms with Gasteiger partial charge in [0.25, 0.3) is 0 Å². The van der Waals surface area contributed by atoms with Gasteiger partial charge in [0, 0.05) is 33.4 Å². The van der Waals surface area contributed by atoms with Gasteiger partial charge in [0.1, 0.15) is 0 Å². The van der Waals surface area contributed by atoms with Crippen LogP contribution < -0.4 is 0 Å². The van der Waals surface area contributed by atoms with Crippen molar-refractivity contribution in [2.45, 2.75) is 38.1 Å². The van der Waals surface area contributed by atoms with E-state index in [-0.39, 0.29) is 6.04 Å². The van der Waals surface area contributed by atoms with Crippen molar-refractivity contribution >= 4 is 5.91 Å². The molecule has 3 aliphatic heterocycles. The first-order valence-electron chi connectivity index (χ1n) is 8.87. The number of carbonyl (C=O) groups is 1. The number of amides is 1. The largest absolute Gasteiger partial charge is 0.383 e. The van der Waals surface area contributed by atoms with E-state index in [2.05, 4.69) is 4.90 Å². The van der Waals surface area contributed by atoms with Crippen molar-refractivity contribution < 1.29 is 14.3 Å². The molecule has 5 heteroatoms. The summed E-state index contributed by atoms with van der Waals surface area (Å²) in [5.74, 6) is 1.81. The van der Waals surface area contributed by atoms with Gasteiger partial charge in [-0.05, 0) is 57.0 Å². The summed E-state index contributed by atoms with van der Waals surface area (Å²) in [6.45, 7) is 6.34. The molecule has 3 aliphatic rings. The third-order valence-electron chi connectivity index (χ3n) is 5.63. The van der Waals surface area contributed by atoms with E-state index in [1.165, 1.54) is 25.7 Å². The average Bonchev–Trinajstić information content (AvgIpc) is 2.57. The van der Waals surface area contributed by atoms with E-state index in [1.54, 1.807) is 7.11 Å². The molecule has 2 atom stereocenters. The summed E-state index contributed by atoms with van der Waals surface area (Å²) < 4.78 is 10.6. The number of hydrogen-bond acceptors (Lipinski definition) is 4. The van der Waals surface area contributed by atoms with E-state index in [0.29, 0.717) is 18.4 Å². The van der Waals surface area contributed by atoms with Crippen LogP contribution in [0.5, 0.6) is 0 Å². The molecular formula is C17H30N2O3. The molecule has 22 heavy (non-hydrogen) atoms. The second kappa shape index (κ2) is 7.75. The number of likely N-dealkylation sites (tertiary alicyclic amines) is 2. The van der Waals surface area contributed by atoms with Crippen LogP contribution in [0, 0.1) is 11.8 Å². The van der Waals surface area contributed by atoms with Crippen molar-refractivity contribution in [3.05, 3.63) is 0 Å². The molecule has 0 N–H and O–H groups in total. The summed E-state index contributed by atoms with van der Waals surface area (Å²) in [5.41, 5.74) is 0. The van der Waals surface area contributed by atoms with Crippen molar-refractivity contribution in [1.82, 2.24) is 9.80 Å². The Balaban J connectivity index is 1.53. The molecule has 2 bridgehead atoms. The van der Waals surface area contributed by atoms with Crippen molar-refractivity contribution in [2.75, 3.05) is 53.1 Å². The van der Waals surface area contributed by atoms with Crippen LogP contribution in [0.4, 0.5) is 0 Å². The molecule has 5 nitrogen and oxygen atoms in total. The number of ether oxygens (including phenoxy) is 2. The van der Waals surface area contributed by atoms with Gasteiger partial charge in [-0.2, -0.15) is 0 Å². The minimum absolute atomic E-state index is 0.129. The number of rotatable bonds is 6. The average molecular weight is 310 g/mol. The standard InChI is InChI=1S/C17H30N2O3/c1-21-11-8-19-13-15-3-7-18(16(12-15)17(19)20)6-2-14-4-9-22-10-5-14/h14-16H,2-13H2,1H3/t15-,16+/m0/s1. The molecule has 3 heterocycles. The van der Waals surface area contributed by atoms with E-state index < -0.39 is 0 Å². The summed E-state index contributed by atoms with van der Waals surface area (Å²) in [6, 6.07) is 0.129. The van der Waals surface area contributed by atoms with E-state index in [9.17, 15) is 4.79 Å². The Morgan fingerprint density at radius 3 is 2.82 bits per heavy atom. The van der Waals surface area contributed by atoms with Gasteiger partial charge in [-0.1, -0.05) is 0 Å². The van der Waals surface area contributed by atoms with Crippen molar-refractivity contribution in [3.63, 3.8) is 0 Å². The highest BCUT2D eigenvalue weighted by Gasteiger charge is 2.40. The fourth-order valence-electron chi connectivity index (χ4n) is 4.18. The number of methoxy groups -OCH3 is 1. The van der Waals surface area contributed by atoms with E-state index in [0.717, 1.165) is 51.7 Å². The fraction of sp³-hybridized carbons (Fsp3) is 0.941. The minimum atomic E-state index is 0.129. The van der Waals surface area contributed by atoms with Crippen molar-refractivity contribution in [2.24, 2.45) is 11.8 Å². The Labute approximate surface area is 133 Å². The summed E-state index contributed by atoms with van der Waals surface area (Å²) >= 11 is 0. The topological polar surface area (TPSA) is 42.0 Å². The van der Waals surface area contributed by atoms with Gasteiger partial charge in [0.05, 0.1) is 12.6 Å². The van der Waals surface area contributed by atoms with Crippen LogP contribution in [-0.4, -0.2) is 74.9 Å². The molecule has 3 saturated heterocycles. The summed E-state index contributed by atoms with van der Waals surface area (Å²) in [5, 5.41) is 0. The Morgan fingerprint density at radius 1 is 1.23 bits per heavy atom. The number of hydrogen-bond donors (Lipinski definition) is 0. The molecular weight excluding hydrogens is 280 g/mol. The number of carbonyl (C=O) groups excluding carboxylic acids is 1. The summed E-state index contributed by atoms with van der Waals surface area (Å²) in [7, 11) is 1.70. The first-order valence-corrected chi connectivity index (χ1v) is 8.87. The molecule has 3 fully saturated rings. The number of nitrogens with zero attached hydrogens (tertiary/aromatic N) is 2. The van der Waals surface area contributed by atoms with Crippen LogP contribution in [0.2, 0.25) is 0 Å². The quantitative estimate of drug-likeness (QED) is 0.743. The minimum Gasteiger partial charge on any atom is -0.383 e. The molecule has 1 amide bonds. The lowest BCUT2D eigenvalue weighted by Crippen LogP contribution is -2.59. The van der Waals surface area contributed by atoms with Gasteiger partial charge in [-0.15, -0.1) is 0 Å². The number of fused-ring (bicyclic) bond motifs is 2. The van der Waals surface area contributed by atoms with Crippen LogP contribution in [0.1, 0.15) is 32.1 Å². The Morgan fingerprint density at radius 2 is 2.05 bits per heavy atom. The van der Waals surface area contributed by atoms with Gasteiger partial charge in [-0.3, -0.25) is 9.69 Å². The Hall–Kier alpha value is -0.650. The lowest BCUT2D eigenvalue weighted by atomic mass is 9.85. The van der Waals surface area contributed by atoms with Crippen LogP contribution in [-0.2, 0) is 14.3 Å². The van der Waals surface area contributed by atoms with Crippen LogP contribution in [0.15, 0.2) is 0 Å². The highest BCUT2D eigenvalue weighted by Crippen LogP contribution is 2.31. The van der Waals surface area contributed by atoms with Gasteiger partial charge in [0.2, 0.25) is 5.91 Å². The van der Waals surface area contributed by atoms with Crippen LogP contribution in [0.25, 0.3) is 0 Å². The predicted octanol–water partition coefficient (Wildman–Crippen LogP) is 1.37. The third kappa shape index (κ3) is 3.81. The lowest BCUT2D eigenvalue weighted by molar-refractivity contribution is -0.146. The fourth-order valence-corrected chi connectivity index (χ4v) is 4.18. The van der Waals surface area contributed by atoms with Crippen molar-refractivity contribution in [3.8, 4) is 0 Å². The second-order valence-corrected chi connectivity index (χ2v) is 7.06. The zero-order valence-corrected chi connectivity index (χ0v) is 13.8. The first-order chi connectivity index (χ1) is 10.8. The maximum absolute atomic E-state index is 12.7. The Kier molecular flexibility index (Phi) is 5.71.